The zero-order chi connectivity index (χ0) is 19.2. The Morgan fingerprint density at radius 2 is 2.04 bits per heavy atom. The maximum atomic E-state index is 6.06. The first-order valence-electron chi connectivity index (χ1n) is 8.82. The van der Waals surface area contributed by atoms with Gasteiger partial charge in [-0.1, -0.05) is 29.3 Å². The van der Waals surface area contributed by atoms with Crippen LogP contribution in [0.25, 0.3) is 0 Å². The van der Waals surface area contributed by atoms with Gasteiger partial charge in [0.1, 0.15) is 6.61 Å². The highest BCUT2D eigenvalue weighted by Gasteiger charge is 2.16. The van der Waals surface area contributed by atoms with Crippen molar-refractivity contribution in [3.8, 4) is 11.5 Å². The molecule has 1 N–H and O–H groups in total. The van der Waals surface area contributed by atoms with E-state index >= 15 is 0 Å². The summed E-state index contributed by atoms with van der Waals surface area (Å²) >= 11 is 15.6. The van der Waals surface area contributed by atoms with Gasteiger partial charge in [-0.25, -0.2) is 0 Å². The van der Waals surface area contributed by atoms with Crippen LogP contribution in [0.1, 0.15) is 24.0 Å². The Balaban J connectivity index is 1.63. The first-order chi connectivity index (χ1) is 13.1. The molecule has 0 spiro atoms. The lowest BCUT2D eigenvalue weighted by Crippen LogP contribution is -2.25. The van der Waals surface area contributed by atoms with Crippen molar-refractivity contribution in [2.24, 2.45) is 0 Å². The van der Waals surface area contributed by atoms with Crippen molar-refractivity contribution in [2.45, 2.75) is 32.1 Å². The maximum absolute atomic E-state index is 6.06. The van der Waals surface area contributed by atoms with E-state index in [-0.39, 0.29) is 0 Å². The van der Waals surface area contributed by atoms with E-state index in [1.54, 1.807) is 19.2 Å². The fourth-order valence-corrected chi connectivity index (χ4v) is 3.91. The zero-order valence-electron chi connectivity index (χ0n) is 15.1. The second kappa shape index (κ2) is 9.99. The number of benzene rings is 2. The zero-order valence-corrected chi connectivity index (χ0v) is 18.2. The number of hydrogen-bond acceptors (Lipinski definition) is 4. The van der Waals surface area contributed by atoms with Gasteiger partial charge in [-0.2, -0.15) is 0 Å². The molecular formula is C20H22BrCl2NO3. The Kier molecular flexibility index (Phi) is 7.67. The molecule has 4 nitrogen and oxygen atoms in total. The highest BCUT2D eigenvalue weighted by atomic mass is 79.9. The second-order valence-electron chi connectivity index (χ2n) is 6.41. The Labute approximate surface area is 178 Å². The Morgan fingerprint density at radius 3 is 2.74 bits per heavy atom. The van der Waals surface area contributed by atoms with Gasteiger partial charge in [-0.15, -0.1) is 0 Å². The van der Waals surface area contributed by atoms with E-state index in [9.17, 15) is 0 Å². The lowest BCUT2D eigenvalue weighted by molar-refractivity contribution is 0.110. The van der Waals surface area contributed by atoms with Crippen LogP contribution in [0.3, 0.4) is 0 Å². The van der Waals surface area contributed by atoms with Gasteiger partial charge in [0.05, 0.1) is 27.7 Å². The molecule has 0 aliphatic carbocycles. The molecule has 1 aliphatic rings. The second-order valence-corrected chi connectivity index (χ2v) is 8.08. The van der Waals surface area contributed by atoms with Crippen LogP contribution >= 0.6 is 39.1 Å². The molecule has 2 aromatic rings. The maximum Gasteiger partial charge on any atom is 0.175 e. The molecule has 3 rings (SSSR count). The Bertz CT molecular complexity index is 782. The summed E-state index contributed by atoms with van der Waals surface area (Å²) in [4.78, 5) is 0. The SMILES string of the molecule is COc1cc(CNC[C@@H]2CCCO2)cc(Br)c1OCc1ccc(Cl)c(Cl)c1. The van der Waals surface area contributed by atoms with Gasteiger partial charge in [0.25, 0.3) is 0 Å². The molecule has 0 unspecified atom stereocenters. The van der Waals surface area contributed by atoms with Crippen molar-refractivity contribution in [2.75, 3.05) is 20.3 Å². The number of methoxy groups -OCH3 is 1. The van der Waals surface area contributed by atoms with Crippen LogP contribution in [0.2, 0.25) is 10.0 Å². The van der Waals surface area contributed by atoms with Gasteiger partial charge in [0, 0.05) is 19.7 Å². The van der Waals surface area contributed by atoms with Gasteiger partial charge >= 0.3 is 0 Å². The predicted octanol–water partition coefficient (Wildman–Crippen LogP) is 5.61. The molecule has 2 aromatic carbocycles. The van der Waals surface area contributed by atoms with Crippen molar-refractivity contribution in [1.29, 1.82) is 0 Å². The predicted molar refractivity (Wildman–Crippen MR) is 112 cm³/mol. The fourth-order valence-electron chi connectivity index (χ4n) is 2.98. The minimum absolute atomic E-state index is 0.323. The molecule has 27 heavy (non-hydrogen) atoms. The van der Waals surface area contributed by atoms with Crippen LogP contribution in [0.4, 0.5) is 0 Å². The molecule has 1 aliphatic heterocycles. The van der Waals surface area contributed by atoms with Crippen molar-refractivity contribution >= 4 is 39.1 Å². The van der Waals surface area contributed by atoms with Gasteiger partial charge in [0.2, 0.25) is 0 Å². The molecule has 0 aromatic heterocycles. The van der Waals surface area contributed by atoms with E-state index in [1.807, 2.05) is 18.2 Å². The van der Waals surface area contributed by atoms with Crippen molar-refractivity contribution in [3.63, 3.8) is 0 Å². The summed E-state index contributed by atoms with van der Waals surface area (Å²) in [6, 6.07) is 9.47. The van der Waals surface area contributed by atoms with E-state index < -0.39 is 0 Å². The number of rotatable bonds is 8. The standard InChI is InChI=1S/C20H22BrCl2NO3/c1-25-19-9-14(10-24-11-15-3-2-6-26-15)7-16(21)20(19)27-12-13-4-5-17(22)18(23)8-13/h4-5,7-9,15,24H,2-3,6,10-12H2,1H3/t15-/m0/s1. The van der Waals surface area contributed by atoms with E-state index in [1.165, 1.54) is 0 Å². The minimum atomic E-state index is 0.323. The molecule has 1 heterocycles. The number of halogens is 3. The Hall–Kier alpha value is -0.980. The van der Waals surface area contributed by atoms with Crippen molar-refractivity contribution in [3.05, 3.63) is 56.0 Å². The summed E-state index contributed by atoms with van der Waals surface area (Å²) in [7, 11) is 1.64. The molecule has 0 amide bonds. The lowest BCUT2D eigenvalue weighted by Gasteiger charge is -2.16. The summed E-state index contributed by atoms with van der Waals surface area (Å²) in [6.45, 7) is 2.83. The van der Waals surface area contributed by atoms with Crippen LogP contribution in [-0.2, 0) is 17.9 Å². The molecule has 0 bridgehead atoms. The van der Waals surface area contributed by atoms with Gasteiger partial charge in [-0.05, 0) is 64.2 Å². The third-order valence-corrected chi connectivity index (χ3v) is 5.71. The van der Waals surface area contributed by atoms with E-state index in [2.05, 4.69) is 21.2 Å². The highest BCUT2D eigenvalue weighted by Crippen LogP contribution is 2.37. The molecule has 1 saturated heterocycles. The van der Waals surface area contributed by atoms with Gasteiger partial charge < -0.3 is 19.5 Å². The highest BCUT2D eigenvalue weighted by molar-refractivity contribution is 9.10. The average molecular weight is 475 g/mol. The fraction of sp³-hybridized carbons (Fsp3) is 0.400. The first-order valence-corrected chi connectivity index (χ1v) is 10.4. The van der Waals surface area contributed by atoms with E-state index in [0.29, 0.717) is 34.3 Å². The number of ether oxygens (including phenoxy) is 3. The Morgan fingerprint density at radius 1 is 1.19 bits per heavy atom. The summed E-state index contributed by atoms with van der Waals surface area (Å²) in [5, 5.41) is 4.48. The van der Waals surface area contributed by atoms with Gasteiger partial charge in [-0.3, -0.25) is 0 Å². The third kappa shape index (κ3) is 5.75. The lowest BCUT2D eigenvalue weighted by atomic mass is 10.2. The summed E-state index contributed by atoms with van der Waals surface area (Å²) < 4.78 is 18.0. The molecule has 146 valence electrons. The molecule has 1 fully saturated rings. The molecule has 7 heteroatoms. The average Bonchev–Trinajstić information content (AvgIpc) is 3.16. The van der Waals surface area contributed by atoms with E-state index in [0.717, 1.165) is 48.1 Å². The number of nitrogens with one attached hydrogen (secondary N) is 1. The minimum Gasteiger partial charge on any atom is -0.493 e. The smallest absolute Gasteiger partial charge is 0.175 e. The van der Waals surface area contributed by atoms with Crippen molar-refractivity contribution < 1.29 is 14.2 Å². The van der Waals surface area contributed by atoms with Crippen LogP contribution in [-0.4, -0.2) is 26.4 Å². The third-order valence-electron chi connectivity index (χ3n) is 4.38. The van der Waals surface area contributed by atoms with Gasteiger partial charge in [0.15, 0.2) is 11.5 Å². The molecular weight excluding hydrogens is 453 g/mol. The monoisotopic (exact) mass is 473 g/mol. The van der Waals surface area contributed by atoms with Crippen molar-refractivity contribution in [1.82, 2.24) is 5.32 Å². The van der Waals surface area contributed by atoms with Crippen LogP contribution in [0, 0.1) is 0 Å². The summed E-state index contributed by atoms with van der Waals surface area (Å²) in [5.74, 6) is 1.34. The summed E-state index contributed by atoms with van der Waals surface area (Å²) in [6.07, 6.45) is 2.60. The largest absolute Gasteiger partial charge is 0.493 e. The first kappa shape index (κ1) is 20.7. The quantitative estimate of drug-likeness (QED) is 0.539. The summed E-state index contributed by atoms with van der Waals surface area (Å²) in [5.41, 5.74) is 2.04. The van der Waals surface area contributed by atoms with Crippen LogP contribution < -0.4 is 14.8 Å². The van der Waals surface area contributed by atoms with Crippen LogP contribution in [0.5, 0.6) is 11.5 Å². The van der Waals surface area contributed by atoms with Crippen LogP contribution in [0.15, 0.2) is 34.8 Å². The molecule has 0 saturated carbocycles. The molecule has 0 radical (unpaired) electrons. The topological polar surface area (TPSA) is 39.7 Å². The normalized spacial score (nSPS) is 16.5. The number of hydrogen-bond donors (Lipinski definition) is 1. The van der Waals surface area contributed by atoms with E-state index in [4.69, 9.17) is 37.4 Å². The molecule has 1 atom stereocenters.